The van der Waals surface area contributed by atoms with E-state index >= 15 is 0 Å². The first-order chi connectivity index (χ1) is 25.4. The molecule has 3 amide bonds. The summed E-state index contributed by atoms with van der Waals surface area (Å²) in [6.45, 7) is 1.44. The van der Waals surface area contributed by atoms with Crippen LogP contribution in [0.5, 0.6) is 0 Å². The van der Waals surface area contributed by atoms with Crippen LogP contribution in [-0.4, -0.2) is 107 Å². The number of pyridine rings is 4. The number of aromatic nitrogens is 4. The van der Waals surface area contributed by atoms with Crippen molar-refractivity contribution >= 4 is 17.7 Å². The van der Waals surface area contributed by atoms with Crippen LogP contribution in [-0.2, 0) is 6.54 Å². The van der Waals surface area contributed by atoms with Crippen molar-refractivity contribution in [3.63, 3.8) is 0 Å². The Morgan fingerprint density at radius 2 is 0.906 bits per heavy atom. The Bertz CT molecular complexity index is 2160. The third kappa shape index (κ3) is 10.4. The highest BCUT2D eigenvalue weighted by molar-refractivity contribution is 5.93. The van der Waals surface area contributed by atoms with Gasteiger partial charge in [-0.1, -0.05) is 24.3 Å². The van der Waals surface area contributed by atoms with E-state index in [2.05, 4.69) is 10.6 Å². The first kappa shape index (κ1) is 39.2. The van der Waals surface area contributed by atoms with Crippen molar-refractivity contribution in [2.75, 3.05) is 39.3 Å². The van der Waals surface area contributed by atoms with E-state index in [0.717, 1.165) is 18.2 Å². The van der Waals surface area contributed by atoms with Crippen molar-refractivity contribution in [2.24, 2.45) is 0 Å². The number of amides is 3. The minimum atomic E-state index is -0.800. The van der Waals surface area contributed by atoms with Gasteiger partial charge in [-0.3, -0.25) is 38.5 Å². The second-order valence-electron chi connectivity index (χ2n) is 11.8. The van der Waals surface area contributed by atoms with E-state index in [0.29, 0.717) is 42.8 Å². The van der Waals surface area contributed by atoms with Crippen molar-refractivity contribution in [1.29, 1.82) is 0 Å². The Morgan fingerprint density at radius 1 is 0.509 bits per heavy atom. The van der Waals surface area contributed by atoms with E-state index in [1.807, 2.05) is 4.90 Å². The molecule has 0 fully saturated rings. The second kappa shape index (κ2) is 18.6. The molecule has 0 atom stereocenters. The molecule has 0 aliphatic rings. The highest BCUT2D eigenvalue weighted by Gasteiger charge is 2.20. The van der Waals surface area contributed by atoms with Gasteiger partial charge in [0.1, 0.15) is 17.1 Å². The maximum atomic E-state index is 13.5. The maximum absolute atomic E-state index is 13.5. The second-order valence-corrected chi connectivity index (χ2v) is 11.8. The predicted octanol–water partition coefficient (Wildman–Crippen LogP) is -0.353. The molecule has 0 unspecified atom stereocenters. The highest BCUT2D eigenvalue weighted by atomic mass is 16.5. The zero-order valence-electron chi connectivity index (χ0n) is 28.5. The van der Waals surface area contributed by atoms with Crippen LogP contribution in [0.1, 0.15) is 62.8 Å². The summed E-state index contributed by atoms with van der Waals surface area (Å²) < 4.78 is 1.26. The van der Waals surface area contributed by atoms with Crippen LogP contribution in [0.25, 0.3) is 0 Å². The molecule has 4 aromatic heterocycles. The van der Waals surface area contributed by atoms with E-state index in [9.17, 15) is 54.4 Å². The quantitative estimate of drug-likeness (QED) is 0.0567. The smallest absolute Gasteiger partial charge is 0.283 e. The van der Waals surface area contributed by atoms with E-state index < -0.39 is 40.0 Å². The molecule has 0 saturated heterocycles. The van der Waals surface area contributed by atoms with E-state index in [1.165, 1.54) is 53.4 Å². The van der Waals surface area contributed by atoms with E-state index in [1.54, 1.807) is 6.07 Å². The molecule has 4 heterocycles. The summed E-state index contributed by atoms with van der Waals surface area (Å²) in [5.74, 6) is -2.01. The Kier molecular flexibility index (Phi) is 13.7. The first-order valence-electron chi connectivity index (χ1n) is 16.6. The van der Waals surface area contributed by atoms with Gasteiger partial charge in [0.05, 0.1) is 5.69 Å². The predicted molar refractivity (Wildman–Crippen MR) is 186 cm³/mol. The number of rotatable bonds is 18. The van der Waals surface area contributed by atoms with Crippen molar-refractivity contribution in [3.8, 4) is 0 Å². The molecule has 4 aromatic rings. The van der Waals surface area contributed by atoms with Crippen LogP contribution in [0.3, 0.4) is 0 Å². The summed E-state index contributed by atoms with van der Waals surface area (Å²) in [6, 6.07) is 15.4. The van der Waals surface area contributed by atoms with Crippen molar-refractivity contribution in [1.82, 2.24) is 39.4 Å². The molecule has 0 spiro atoms. The van der Waals surface area contributed by atoms with Crippen LogP contribution in [0.2, 0.25) is 0 Å². The van der Waals surface area contributed by atoms with Gasteiger partial charge in [0.25, 0.3) is 40.0 Å². The molecule has 0 saturated carbocycles. The van der Waals surface area contributed by atoms with Crippen LogP contribution < -0.4 is 32.9 Å². The summed E-state index contributed by atoms with van der Waals surface area (Å²) in [5, 5.41) is 45.4. The van der Waals surface area contributed by atoms with E-state index in [4.69, 9.17) is 0 Å². The number of nitrogens with one attached hydrogen (secondary N) is 2. The molecular weight excluding hydrogens is 696 g/mol. The Morgan fingerprint density at radius 3 is 1.45 bits per heavy atom. The van der Waals surface area contributed by atoms with Gasteiger partial charge in [0, 0.05) is 63.5 Å². The molecule has 53 heavy (non-hydrogen) atoms. The lowest BCUT2D eigenvalue weighted by atomic mass is 10.2. The molecule has 19 nitrogen and oxygen atoms in total. The lowest BCUT2D eigenvalue weighted by Gasteiger charge is -2.25. The number of hydrogen-bond donors (Lipinski definition) is 6. The number of carbonyl (C=O) groups excluding carboxylic acids is 3. The fraction of sp³-hybridized carbons (Fsp3) is 0.324. The Balaban J connectivity index is 1.38. The third-order valence-electron chi connectivity index (χ3n) is 8.13. The molecule has 0 radical (unpaired) electrons. The zero-order chi connectivity index (χ0) is 38.5. The normalized spacial score (nSPS) is 11.0. The zero-order valence-corrected chi connectivity index (χ0v) is 28.5. The molecule has 0 aliphatic carbocycles. The van der Waals surface area contributed by atoms with Crippen LogP contribution in [0.4, 0.5) is 0 Å². The van der Waals surface area contributed by atoms with E-state index in [-0.39, 0.29) is 70.4 Å². The average molecular weight is 737 g/mol. The first-order valence-corrected chi connectivity index (χ1v) is 16.6. The van der Waals surface area contributed by atoms with Crippen molar-refractivity contribution < 1.29 is 35.2 Å². The summed E-state index contributed by atoms with van der Waals surface area (Å²) in [6.07, 6.45) is 1.57. The molecule has 4 rings (SSSR count). The van der Waals surface area contributed by atoms with Gasteiger partial charge in [0.15, 0.2) is 0 Å². The fourth-order valence-corrected chi connectivity index (χ4v) is 5.37. The highest BCUT2D eigenvalue weighted by Crippen LogP contribution is 2.09. The molecule has 0 aromatic carbocycles. The monoisotopic (exact) mass is 736 g/mol. The van der Waals surface area contributed by atoms with Crippen LogP contribution in [0, 0.1) is 0 Å². The largest absolute Gasteiger partial charge is 0.425 e. The molecule has 6 N–H and O–H groups in total. The molecule has 0 aliphatic heterocycles. The standard InChI is InChI=1S/C34H40N8O11/c43-28-13-3-9-24(39(28)50)23-37(20-7-17-35-32(47)25-10-4-14-29(44)40(25)51)19-1-2-21-38(34(49)27-12-6-16-31(46)42(27)53)22-8-18-36-33(48)26-11-5-15-30(45)41(26)52/h3-6,9-16,50-53H,1-2,7-8,17-23H2,(H,35,47)(H,36,48). The lowest BCUT2D eigenvalue weighted by Crippen LogP contribution is -2.38. The summed E-state index contributed by atoms with van der Waals surface area (Å²) >= 11 is 0. The number of nitrogens with zero attached hydrogens (tertiary/aromatic N) is 6. The van der Waals surface area contributed by atoms with Crippen molar-refractivity contribution in [3.05, 3.63) is 137 Å². The lowest BCUT2D eigenvalue weighted by molar-refractivity contribution is 0.0687. The third-order valence-corrected chi connectivity index (χ3v) is 8.13. The van der Waals surface area contributed by atoms with Gasteiger partial charge >= 0.3 is 0 Å². The van der Waals surface area contributed by atoms with Crippen LogP contribution >= 0.6 is 0 Å². The number of carbonyl (C=O) groups is 3. The molecule has 282 valence electrons. The minimum absolute atomic E-state index is 0.0529. The van der Waals surface area contributed by atoms with Gasteiger partial charge in [-0.25, -0.2) is 0 Å². The van der Waals surface area contributed by atoms with Crippen LogP contribution in [0.15, 0.2) is 92.0 Å². The Labute approximate surface area is 300 Å². The molecule has 0 bridgehead atoms. The number of hydrogen-bond acceptors (Lipinski definition) is 12. The number of unbranched alkanes of at least 4 members (excludes halogenated alkanes) is 1. The molecular formula is C34H40N8O11. The van der Waals surface area contributed by atoms with Gasteiger partial charge in [-0.2, -0.15) is 4.73 Å². The van der Waals surface area contributed by atoms with Gasteiger partial charge < -0.3 is 36.4 Å². The fourth-order valence-electron chi connectivity index (χ4n) is 5.37. The van der Waals surface area contributed by atoms with Crippen molar-refractivity contribution in [2.45, 2.75) is 32.2 Å². The summed E-state index contributed by atoms with van der Waals surface area (Å²) in [7, 11) is 0. The average Bonchev–Trinajstić information content (AvgIpc) is 3.14. The minimum Gasteiger partial charge on any atom is -0.425 e. The maximum Gasteiger partial charge on any atom is 0.283 e. The topological polar surface area (TPSA) is 251 Å². The summed E-state index contributed by atoms with van der Waals surface area (Å²) in [4.78, 5) is 89.2. The SMILES string of the molecule is O=C(NCCCN(CCCCN(CCCNC(=O)c1cccc(=O)n1O)C(=O)c1cccc(=O)n1O)Cc1cccc(=O)n1O)c1cccc(=O)n1O. The van der Waals surface area contributed by atoms with Gasteiger partial charge in [0.2, 0.25) is 0 Å². The Hall–Kier alpha value is -6.63. The molecule has 19 heteroatoms. The summed E-state index contributed by atoms with van der Waals surface area (Å²) in [5.41, 5.74) is -3.41. The van der Waals surface area contributed by atoms with Gasteiger partial charge in [-0.05, 0) is 56.5 Å². The van der Waals surface area contributed by atoms with Gasteiger partial charge in [-0.15, -0.1) is 14.2 Å².